The molecule has 7 heteroatoms. The standard InChI is InChI=1S/C18H19N3O3S/c22-16(23)18-8-4-7-13(18)10-21(11-18)17(24)19-15-9-14(20-25-15)12-5-2-1-3-6-12/h1-3,5-6,9,13H,4,7-8,10-11H2,(H,19,24)(H,22,23)/t13-,18+/m0/s1. The number of nitrogens with one attached hydrogen (secondary N) is 1. The van der Waals surface area contributed by atoms with Crippen LogP contribution in [-0.4, -0.2) is 39.5 Å². The average molecular weight is 357 g/mol. The van der Waals surface area contributed by atoms with Crippen LogP contribution in [0.1, 0.15) is 19.3 Å². The second kappa shape index (κ2) is 6.15. The van der Waals surface area contributed by atoms with E-state index in [1.54, 1.807) is 4.90 Å². The zero-order valence-corrected chi connectivity index (χ0v) is 14.5. The van der Waals surface area contributed by atoms with Crippen molar-refractivity contribution >= 4 is 28.5 Å². The van der Waals surface area contributed by atoms with E-state index in [9.17, 15) is 14.7 Å². The molecule has 0 bridgehead atoms. The molecule has 1 saturated carbocycles. The zero-order valence-electron chi connectivity index (χ0n) is 13.6. The van der Waals surface area contributed by atoms with Crippen molar-refractivity contribution in [1.82, 2.24) is 9.27 Å². The summed E-state index contributed by atoms with van der Waals surface area (Å²) in [4.78, 5) is 25.9. The summed E-state index contributed by atoms with van der Waals surface area (Å²) < 4.78 is 4.38. The van der Waals surface area contributed by atoms with Gasteiger partial charge in [0.2, 0.25) is 0 Å². The van der Waals surface area contributed by atoms with Gasteiger partial charge in [-0.3, -0.25) is 10.1 Å². The lowest BCUT2D eigenvalue weighted by Gasteiger charge is -2.23. The van der Waals surface area contributed by atoms with Crippen LogP contribution < -0.4 is 5.32 Å². The highest BCUT2D eigenvalue weighted by Crippen LogP contribution is 2.49. The van der Waals surface area contributed by atoms with Crippen molar-refractivity contribution in [2.75, 3.05) is 18.4 Å². The number of carboxylic acid groups (broad SMARTS) is 1. The Morgan fingerprint density at radius 2 is 2.12 bits per heavy atom. The van der Waals surface area contributed by atoms with E-state index in [2.05, 4.69) is 9.69 Å². The predicted molar refractivity (Wildman–Crippen MR) is 95.6 cm³/mol. The first kappa shape index (κ1) is 16.1. The molecule has 2 aliphatic rings. The maximum atomic E-state index is 12.6. The number of carboxylic acids is 1. The van der Waals surface area contributed by atoms with Crippen molar-refractivity contribution in [2.45, 2.75) is 19.3 Å². The number of fused-ring (bicyclic) bond motifs is 1. The Balaban J connectivity index is 1.45. The fraction of sp³-hybridized carbons (Fsp3) is 0.389. The number of hydrogen-bond donors (Lipinski definition) is 2. The molecule has 1 aromatic heterocycles. The van der Waals surface area contributed by atoms with Crippen LogP contribution in [0.15, 0.2) is 36.4 Å². The molecule has 1 aromatic carbocycles. The molecule has 2 fully saturated rings. The Labute approximate surface area is 149 Å². The highest BCUT2D eigenvalue weighted by Gasteiger charge is 2.55. The van der Waals surface area contributed by atoms with Crippen molar-refractivity contribution in [3.05, 3.63) is 36.4 Å². The number of urea groups is 1. The highest BCUT2D eigenvalue weighted by molar-refractivity contribution is 7.10. The third-order valence-electron chi connectivity index (χ3n) is 5.39. The van der Waals surface area contributed by atoms with E-state index in [-0.39, 0.29) is 11.9 Å². The van der Waals surface area contributed by atoms with Crippen molar-refractivity contribution in [1.29, 1.82) is 0 Å². The highest BCUT2D eigenvalue weighted by atomic mass is 32.1. The molecule has 1 aliphatic carbocycles. The third kappa shape index (κ3) is 2.78. The summed E-state index contributed by atoms with van der Waals surface area (Å²) >= 11 is 1.23. The molecule has 130 valence electrons. The van der Waals surface area contributed by atoms with Crippen LogP contribution in [-0.2, 0) is 4.79 Å². The Kier molecular flexibility index (Phi) is 3.95. The Morgan fingerprint density at radius 1 is 1.32 bits per heavy atom. The summed E-state index contributed by atoms with van der Waals surface area (Å²) in [5.74, 6) is -0.702. The molecular weight excluding hydrogens is 338 g/mol. The molecule has 0 spiro atoms. The Morgan fingerprint density at radius 3 is 2.84 bits per heavy atom. The molecule has 2 amide bonds. The number of carbonyl (C=O) groups excluding carboxylic acids is 1. The topological polar surface area (TPSA) is 82.5 Å². The summed E-state index contributed by atoms with van der Waals surface area (Å²) in [6.07, 6.45) is 2.48. The number of likely N-dealkylation sites (tertiary alicyclic amines) is 1. The fourth-order valence-electron chi connectivity index (χ4n) is 4.06. The number of carbonyl (C=O) groups is 2. The first-order chi connectivity index (χ1) is 12.1. The minimum absolute atomic E-state index is 0.0668. The quantitative estimate of drug-likeness (QED) is 0.880. The smallest absolute Gasteiger partial charge is 0.322 e. The van der Waals surface area contributed by atoms with Gasteiger partial charge in [-0.25, -0.2) is 4.79 Å². The van der Waals surface area contributed by atoms with Crippen molar-refractivity contribution in [2.24, 2.45) is 11.3 Å². The number of aliphatic carboxylic acids is 1. The number of anilines is 1. The predicted octanol–water partition coefficient (Wildman–Crippen LogP) is 3.53. The number of benzene rings is 1. The molecule has 1 saturated heterocycles. The molecule has 2 aromatic rings. The summed E-state index contributed by atoms with van der Waals surface area (Å²) in [6.45, 7) is 0.811. The lowest BCUT2D eigenvalue weighted by atomic mass is 9.81. The van der Waals surface area contributed by atoms with E-state index in [0.717, 1.165) is 24.1 Å². The number of nitrogens with zero attached hydrogens (tertiary/aromatic N) is 2. The zero-order chi connectivity index (χ0) is 17.4. The lowest BCUT2D eigenvalue weighted by Crippen LogP contribution is -2.38. The van der Waals surface area contributed by atoms with Crippen molar-refractivity contribution in [3.63, 3.8) is 0 Å². The summed E-state index contributed by atoms with van der Waals surface area (Å²) in [5.41, 5.74) is 1.07. The van der Waals surface area contributed by atoms with Gasteiger partial charge in [0, 0.05) is 24.7 Å². The van der Waals surface area contributed by atoms with E-state index < -0.39 is 11.4 Å². The Bertz CT molecular complexity index is 807. The van der Waals surface area contributed by atoms with Crippen LogP contribution in [0.5, 0.6) is 0 Å². The molecule has 4 rings (SSSR count). The van der Waals surface area contributed by atoms with Gasteiger partial charge in [-0.2, -0.15) is 4.37 Å². The van der Waals surface area contributed by atoms with Gasteiger partial charge >= 0.3 is 12.0 Å². The summed E-state index contributed by atoms with van der Waals surface area (Å²) in [5, 5.41) is 13.2. The van der Waals surface area contributed by atoms with E-state index in [1.165, 1.54) is 11.5 Å². The van der Waals surface area contributed by atoms with Gasteiger partial charge in [-0.05, 0) is 30.3 Å². The number of amides is 2. The van der Waals surface area contributed by atoms with E-state index in [4.69, 9.17) is 0 Å². The maximum Gasteiger partial charge on any atom is 0.322 e. The van der Waals surface area contributed by atoms with Gasteiger partial charge in [0.05, 0.1) is 11.1 Å². The van der Waals surface area contributed by atoms with Crippen LogP contribution in [0.3, 0.4) is 0 Å². The van der Waals surface area contributed by atoms with Crippen LogP contribution in [0.25, 0.3) is 11.3 Å². The molecular formula is C18H19N3O3S. The summed E-state index contributed by atoms with van der Waals surface area (Å²) in [7, 11) is 0. The molecule has 0 radical (unpaired) electrons. The lowest BCUT2D eigenvalue weighted by molar-refractivity contribution is -0.149. The van der Waals surface area contributed by atoms with E-state index >= 15 is 0 Å². The van der Waals surface area contributed by atoms with Crippen molar-refractivity contribution < 1.29 is 14.7 Å². The van der Waals surface area contributed by atoms with E-state index in [0.29, 0.717) is 24.5 Å². The van der Waals surface area contributed by atoms with Crippen LogP contribution in [0.2, 0.25) is 0 Å². The molecule has 25 heavy (non-hydrogen) atoms. The average Bonchev–Trinajstić information content (AvgIpc) is 3.29. The van der Waals surface area contributed by atoms with Gasteiger partial charge in [0.1, 0.15) is 5.00 Å². The molecule has 6 nitrogen and oxygen atoms in total. The normalized spacial score (nSPS) is 25.0. The van der Waals surface area contributed by atoms with Gasteiger partial charge in [-0.15, -0.1) is 0 Å². The van der Waals surface area contributed by atoms with Crippen LogP contribution in [0, 0.1) is 11.3 Å². The Hall–Kier alpha value is -2.41. The van der Waals surface area contributed by atoms with Gasteiger partial charge in [-0.1, -0.05) is 36.8 Å². The minimum atomic E-state index is -0.769. The monoisotopic (exact) mass is 357 g/mol. The first-order valence-electron chi connectivity index (χ1n) is 8.40. The van der Waals surface area contributed by atoms with Gasteiger partial charge < -0.3 is 10.0 Å². The third-order valence-corrected chi connectivity index (χ3v) is 6.10. The second-order valence-electron chi connectivity index (χ2n) is 6.80. The largest absolute Gasteiger partial charge is 0.481 e. The van der Waals surface area contributed by atoms with Crippen LogP contribution in [0.4, 0.5) is 9.80 Å². The van der Waals surface area contributed by atoms with Crippen LogP contribution >= 0.6 is 11.5 Å². The number of rotatable bonds is 3. The van der Waals surface area contributed by atoms with Gasteiger partial charge in [0.25, 0.3) is 0 Å². The second-order valence-corrected chi connectivity index (χ2v) is 7.61. The fourth-order valence-corrected chi connectivity index (χ4v) is 4.71. The first-order valence-corrected chi connectivity index (χ1v) is 9.17. The SMILES string of the molecule is O=C(Nc1cc(-c2ccccc2)ns1)N1C[C@@H]2CCC[C@@]2(C(=O)O)C1. The molecule has 2 atom stereocenters. The molecule has 2 heterocycles. The van der Waals surface area contributed by atoms with E-state index in [1.807, 2.05) is 36.4 Å². The number of aromatic nitrogens is 1. The molecule has 1 aliphatic heterocycles. The van der Waals surface area contributed by atoms with Crippen molar-refractivity contribution in [3.8, 4) is 11.3 Å². The molecule has 2 N–H and O–H groups in total. The number of hydrogen-bond acceptors (Lipinski definition) is 4. The minimum Gasteiger partial charge on any atom is -0.481 e. The molecule has 0 unspecified atom stereocenters. The summed E-state index contributed by atoms with van der Waals surface area (Å²) in [6, 6.07) is 11.4. The van der Waals surface area contributed by atoms with Gasteiger partial charge in [0.15, 0.2) is 0 Å². The maximum absolute atomic E-state index is 12.6.